The monoisotopic (exact) mass is 367 g/mol. The van der Waals surface area contributed by atoms with Crippen LogP contribution in [0, 0.1) is 6.92 Å². The highest BCUT2D eigenvalue weighted by atomic mass is 16.5. The van der Waals surface area contributed by atoms with Crippen molar-refractivity contribution in [3.63, 3.8) is 0 Å². The molecule has 0 saturated carbocycles. The smallest absolute Gasteiger partial charge is 0.237 e. The van der Waals surface area contributed by atoms with E-state index in [1.807, 2.05) is 19.1 Å². The van der Waals surface area contributed by atoms with E-state index in [1.54, 1.807) is 7.11 Å². The number of benzene rings is 2. The number of ether oxygens (including phenoxy) is 1. The van der Waals surface area contributed by atoms with Crippen molar-refractivity contribution in [1.29, 1.82) is 0 Å². The zero-order valence-corrected chi connectivity index (χ0v) is 16.4. The molecule has 1 atom stereocenters. The van der Waals surface area contributed by atoms with Gasteiger partial charge in [-0.15, -0.1) is 0 Å². The van der Waals surface area contributed by atoms with E-state index in [2.05, 4.69) is 58.4 Å². The van der Waals surface area contributed by atoms with E-state index in [9.17, 15) is 4.79 Å². The maximum atomic E-state index is 12.5. The van der Waals surface area contributed by atoms with E-state index in [4.69, 9.17) is 4.74 Å². The van der Waals surface area contributed by atoms with E-state index in [0.29, 0.717) is 6.54 Å². The highest BCUT2D eigenvalue weighted by Gasteiger charge is 2.25. The SMILES string of the molecule is COc1ccc(N2CCN(C(C)C(=O)NCc3ccc(C)cc3)CC2)cc1. The Morgan fingerprint density at radius 3 is 2.26 bits per heavy atom. The van der Waals surface area contributed by atoms with Gasteiger partial charge in [0, 0.05) is 38.4 Å². The number of nitrogens with zero attached hydrogens (tertiary/aromatic N) is 2. The summed E-state index contributed by atoms with van der Waals surface area (Å²) < 4.78 is 5.22. The van der Waals surface area contributed by atoms with Gasteiger partial charge in [0.2, 0.25) is 5.91 Å². The highest BCUT2D eigenvalue weighted by molar-refractivity contribution is 5.81. The van der Waals surface area contributed by atoms with E-state index in [-0.39, 0.29) is 11.9 Å². The number of carbonyl (C=O) groups is 1. The first-order chi connectivity index (χ1) is 13.1. The Balaban J connectivity index is 1.47. The first-order valence-electron chi connectivity index (χ1n) is 9.53. The fourth-order valence-corrected chi connectivity index (χ4v) is 3.37. The molecule has 0 aliphatic carbocycles. The molecule has 144 valence electrons. The lowest BCUT2D eigenvalue weighted by Crippen LogP contribution is -2.53. The van der Waals surface area contributed by atoms with Crippen LogP contribution < -0.4 is 15.0 Å². The van der Waals surface area contributed by atoms with Crippen LogP contribution in [-0.4, -0.2) is 50.1 Å². The summed E-state index contributed by atoms with van der Waals surface area (Å²) in [6, 6.07) is 16.3. The van der Waals surface area contributed by atoms with Crippen molar-refractivity contribution in [2.45, 2.75) is 26.4 Å². The first-order valence-corrected chi connectivity index (χ1v) is 9.53. The number of anilines is 1. The van der Waals surface area contributed by atoms with E-state index < -0.39 is 0 Å². The summed E-state index contributed by atoms with van der Waals surface area (Å²) in [7, 11) is 1.68. The topological polar surface area (TPSA) is 44.8 Å². The summed E-state index contributed by atoms with van der Waals surface area (Å²) in [6.07, 6.45) is 0. The molecule has 1 aliphatic heterocycles. The van der Waals surface area contributed by atoms with Crippen LogP contribution in [0.2, 0.25) is 0 Å². The van der Waals surface area contributed by atoms with Gasteiger partial charge < -0.3 is 15.0 Å². The van der Waals surface area contributed by atoms with Crippen molar-refractivity contribution in [3.05, 3.63) is 59.7 Å². The zero-order valence-electron chi connectivity index (χ0n) is 16.4. The molecule has 1 amide bonds. The van der Waals surface area contributed by atoms with E-state index in [1.165, 1.54) is 11.3 Å². The summed E-state index contributed by atoms with van der Waals surface area (Å²) in [5, 5.41) is 3.06. The average molecular weight is 367 g/mol. The molecule has 5 heteroatoms. The number of aryl methyl sites for hydroxylation is 1. The molecule has 3 rings (SSSR count). The van der Waals surface area contributed by atoms with Gasteiger partial charge in [0.1, 0.15) is 5.75 Å². The van der Waals surface area contributed by atoms with Gasteiger partial charge in [0.25, 0.3) is 0 Å². The second kappa shape index (κ2) is 8.91. The van der Waals surface area contributed by atoms with Crippen LogP contribution >= 0.6 is 0 Å². The minimum absolute atomic E-state index is 0.0912. The second-order valence-corrected chi connectivity index (χ2v) is 7.10. The lowest BCUT2D eigenvalue weighted by molar-refractivity contribution is -0.126. The molecule has 0 aromatic heterocycles. The number of hydrogen-bond donors (Lipinski definition) is 1. The molecule has 1 saturated heterocycles. The summed E-state index contributed by atoms with van der Waals surface area (Å²) in [5.74, 6) is 0.963. The third kappa shape index (κ3) is 5.01. The van der Waals surface area contributed by atoms with Crippen molar-refractivity contribution in [2.75, 3.05) is 38.2 Å². The fraction of sp³-hybridized carbons (Fsp3) is 0.409. The molecule has 1 fully saturated rings. The molecule has 5 nitrogen and oxygen atoms in total. The van der Waals surface area contributed by atoms with Gasteiger partial charge in [-0.05, 0) is 43.7 Å². The Hall–Kier alpha value is -2.53. The molecular weight excluding hydrogens is 338 g/mol. The van der Waals surface area contributed by atoms with Gasteiger partial charge in [0.05, 0.1) is 13.2 Å². The van der Waals surface area contributed by atoms with Gasteiger partial charge in [-0.25, -0.2) is 0 Å². The van der Waals surface area contributed by atoms with Crippen molar-refractivity contribution in [2.24, 2.45) is 0 Å². The third-order valence-electron chi connectivity index (χ3n) is 5.27. The first kappa shape index (κ1) is 19.2. The number of amides is 1. The van der Waals surface area contributed by atoms with Crippen molar-refractivity contribution in [1.82, 2.24) is 10.2 Å². The quantitative estimate of drug-likeness (QED) is 0.853. The number of rotatable bonds is 6. The molecule has 2 aromatic rings. The number of nitrogens with one attached hydrogen (secondary N) is 1. The maximum absolute atomic E-state index is 12.5. The third-order valence-corrected chi connectivity index (χ3v) is 5.27. The normalized spacial score (nSPS) is 16.0. The van der Waals surface area contributed by atoms with Gasteiger partial charge in [-0.2, -0.15) is 0 Å². The van der Waals surface area contributed by atoms with Gasteiger partial charge >= 0.3 is 0 Å². The number of carbonyl (C=O) groups excluding carboxylic acids is 1. The fourth-order valence-electron chi connectivity index (χ4n) is 3.37. The Morgan fingerprint density at radius 1 is 1.04 bits per heavy atom. The van der Waals surface area contributed by atoms with E-state index >= 15 is 0 Å². The van der Waals surface area contributed by atoms with Gasteiger partial charge in [0.15, 0.2) is 0 Å². The predicted octanol–water partition coefficient (Wildman–Crippen LogP) is 2.83. The standard InChI is InChI=1S/C22H29N3O2/c1-17-4-6-19(7-5-17)16-23-22(26)18(2)24-12-14-25(15-13-24)20-8-10-21(27-3)11-9-20/h4-11,18H,12-16H2,1-3H3,(H,23,26). The van der Waals surface area contributed by atoms with Gasteiger partial charge in [-0.3, -0.25) is 9.69 Å². The van der Waals surface area contributed by atoms with E-state index in [0.717, 1.165) is 37.5 Å². The Bertz CT molecular complexity index is 735. The van der Waals surface area contributed by atoms with Crippen LogP contribution in [-0.2, 0) is 11.3 Å². The van der Waals surface area contributed by atoms with Crippen molar-refractivity contribution < 1.29 is 9.53 Å². The van der Waals surface area contributed by atoms with Crippen LogP contribution in [0.25, 0.3) is 0 Å². The molecule has 0 bridgehead atoms. The lowest BCUT2D eigenvalue weighted by Gasteiger charge is -2.38. The van der Waals surface area contributed by atoms with Crippen LogP contribution in [0.3, 0.4) is 0 Å². The van der Waals surface area contributed by atoms with Crippen LogP contribution in [0.5, 0.6) is 5.75 Å². The number of methoxy groups -OCH3 is 1. The summed E-state index contributed by atoms with van der Waals surface area (Å²) >= 11 is 0. The summed E-state index contributed by atoms with van der Waals surface area (Å²) in [4.78, 5) is 17.1. The summed E-state index contributed by atoms with van der Waals surface area (Å²) in [5.41, 5.74) is 3.56. The number of piperazine rings is 1. The lowest BCUT2D eigenvalue weighted by atomic mass is 10.1. The molecule has 1 heterocycles. The Morgan fingerprint density at radius 2 is 1.67 bits per heavy atom. The van der Waals surface area contributed by atoms with Crippen LogP contribution in [0.1, 0.15) is 18.1 Å². The number of hydrogen-bond acceptors (Lipinski definition) is 4. The highest BCUT2D eigenvalue weighted by Crippen LogP contribution is 2.21. The minimum Gasteiger partial charge on any atom is -0.497 e. The molecule has 1 aliphatic rings. The largest absolute Gasteiger partial charge is 0.497 e. The predicted molar refractivity (Wildman–Crippen MR) is 109 cm³/mol. The second-order valence-electron chi connectivity index (χ2n) is 7.10. The Kier molecular flexibility index (Phi) is 6.35. The molecule has 27 heavy (non-hydrogen) atoms. The molecule has 1 unspecified atom stereocenters. The van der Waals surface area contributed by atoms with Gasteiger partial charge in [-0.1, -0.05) is 29.8 Å². The minimum atomic E-state index is -0.117. The molecule has 0 spiro atoms. The maximum Gasteiger partial charge on any atom is 0.237 e. The van der Waals surface area contributed by atoms with Crippen molar-refractivity contribution in [3.8, 4) is 5.75 Å². The summed E-state index contributed by atoms with van der Waals surface area (Å²) in [6.45, 7) is 8.24. The average Bonchev–Trinajstić information content (AvgIpc) is 2.73. The zero-order chi connectivity index (χ0) is 19.2. The molecule has 1 N–H and O–H groups in total. The van der Waals surface area contributed by atoms with Crippen LogP contribution in [0.4, 0.5) is 5.69 Å². The van der Waals surface area contributed by atoms with Crippen LogP contribution in [0.15, 0.2) is 48.5 Å². The van der Waals surface area contributed by atoms with Crippen molar-refractivity contribution >= 4 is 11.6 Å². The Labute approximate surface area is 161 Å². The molecule has 2 aromatic carbocycles. The molecular formula is C22H29N3O2. The molecule has 0 radical (unpaired) electrons.